The van der Waals surface area contributed by atoms with Crippen molar-refractivity contribution in [3.8, 4) is 0 Å². The third-order valence-electron chi connectivity index (χ3n) is 5.12. The van der Waals surface area contributed by atoms with Gasteiger partial charge in [-0.15, -0.1) is 0 Å². The van der Waals surface area contributed by atoms with Crippen LogP contribution >= 0.6 is 0 Å². The van der Waals surface area contributed by atoms with Gasteiger partial charge in [0, 0.05) is 31.4 Å². The summed E-state index contributed by atoms with van der Waals surface area (Å²) in [4.78, 5) is 19.1. The average molecular weight is 340 g/mol. The molecule has 1 fully saturated rings. The quantitative estimate of drug-likeness (QED) is 0.901. The molecule has 2 aliphatic rings. The lowest BCUT2D eigenvalue weighted by Gasteiger charge is -2.24. The smallest absolute Gasteiger partial charge is 0.319 e. The lowest BCUT2D eigenvalue weighted by atomic mass is 9.93. The predicted octanol–water partition coefficient (Wildman–Crippen LogP) is 2.61. The van der Waals surface area contributed by atoms with Crippen LogP contribution in [0.2, 0.25) is 0 Å². The van der Waals surface area contributed by atoms with Gasteiger partial charge in [0.25, 0.3) is 0 Å². The molecule has 7 heteroatoms. The molecule has 1 aliphatic heterocycles. The minimum Gasteiger partial charge on any atom is -0.357 e. The van der Waals surface area contributed by atoms with Gasteiger partial charge in [0.2, 0.25) is 0 Å². The SMILES string of the molecule is Cn1ncc2c1CCCC2NC(=O)Nc1ccc(N2CCCC2)nc1. The Kier molecular flexibility index (Phi) is 4.29. The van der Waals surface area contributed by atoms with Crippen LogP contribution in [0.1, 0.15) is 43.0 Å². The molecule has 2 N–H and O–H groups in total. The van der Waals surface area contributed by atoms with Crippen LogP contribution in [-0.2, 0) is 13.5 Å². The summed E-state index contributed by atoms with van der Waals surface area (Å²) in [5.41, 5.74) is 3.06. The summed E-state index contributed by atoms with van der Waals surface area (Å²) >= 11 is 0. The van der Waals surface area contributed by atoms with Crippen molar-refractivity contribution >= 4 is 17.5 Å². The molecule has 0 bridgehead atoms. The summed E-state index contributed by atoms with van der Waals surface area (Å²) < 4.78 is 1.90. The molecule has 0 saturated carbocycles. The number of pyridine rings is 1. The molecule has 7 nitrogen and oxygen atoms in total. The molecular formula is C18H24N6O. The van der Waals surface area contributed by atoms with E-state index in [9.17, 15) is 4.79 Å². The second-order valence-corrected chi connectivity index (χ2v) is 6.81. The van der Waals surface area contributed by atoms with Gasteiger partial charge in [0.15, 0.2) is 0 Å². The van der Waals surface area contributed by atoms with E-state index in [0.717, 1.165) is 43.7 Å². The topological polar surface area (TPSA) is 75.1 Å². The van der Waals surface area contributed by atoms with E-state index < -0.39 is 0 Å². The molecule has 0 spiro atoms. The summed E-state index contributed by atoms with van der Waals surface area (Å²) in [6, 6.07) is 3.71. The van der Waals surface area contributed by atoms with Crippen molar-refractivity contribution in [2.45, 2.75) is 38.1 Å². The van der Waals surface area contributed by atoms with Crippen LogP contribution in [0.3, 0.4) is 0 Å². The third-order valence-corrected chi connectivity index (χ3v) is 5.12. The summed E-state index contributed by atoms with van der Waals surface area (Å²) in [7, 11) is 1.95. The van der Waals surface area contributed by atoms with E-state index in [1.807, 2.05) is 30.1 Å². The highest BCUT2D eigenvalue weighted by atomic mass is 16.2. The largest absolute Gasteiger partial charge is 0.357 e. The van der Waals surface area contributed by atoms with Crippen LogP contribution in [0.4, 0.5) is 16.3 Å². The van der Waals surface area contributed by atoms with Crippen molar-refractivity contribution in [1.29, 1.82) is 0 Å². The number of nitrogens with one attached hydrogen (secondary N) is 2. The summed E-state index contributed by atoms with van der Waals surface area (Å²) in [5, 5.41) is 10.3. The zero-order valence-corrected chi connectivity index (χ0v) is 14.5. The van der Waals surface area contributed by atoms with E-state index in [0.29, 0.717) is 5.69 Å². The summed E-state index contributed by atoms with van der Waals surface area (Å²) in [6.45, 7) is 2.13. The molecule has 2 aromatic heterocycles. The number of carbonyl (C=O) groups excluding carboxylic acids is 1. The predicted molar refractivity (Wildman–Crippen MR) is 96.7 cm³/mol. The first kappa shape index (κ1) is 15.9. The normalized spacial score (nSPS) is 19.6. The van der Waals surface area contributed by atoms with Crippen LogP contribution in [0.25, 0.3) is 0 Å². The van der Waals surface area contributed by atoms with Crippen LogP contribution in [0.5, 0.6) is 0 Å². The van der Waals surface area contributed by atoms with E-state index in [-0.39, 0.29) is 12.1 Å². The number of carbonyl (C=O) groups is 1. The fourth-order valence-corrected chi connectivity index (χ4v) is 3.77. The molecule has 25 heavy (non-hydrogen) atoms. The molecule has 0 aromatic carbocycles. The number of urea groups is 1. The number of fused-ring (bicyclic) bond motifs is 1. The van der Waals surface area contributed by atoms with Crippen molar-refractivity contribution in [2.75, 3.05) is 23.3 Å². The highest BCUT2D eigenvalue weighted by Crippen LogP contribution is 2.29. The van der Waals surface area contributed by atoms with Gasteiger partial charge in [0.1, 0.15) is 5.82 Å². The van der Waals surface area contributed by atoms with Crippen molar-refractivity contribution in [3.05, 3.63) is 35.8 Å². The molecule has 3 heterocycles. The van der Waals surface area contributed by atoms with E-state index in [2.05, 4.69) is 25.6 Å². The molecular weight excluding hydrogens is 316 g/mol. The first-order chi connectivity index (χ1) is 12.2. The minimum absolute atomic E-state index is 0.0225. The number of amides is 2. The highest BCUT2D eigenvalue weighted by Gasteiger charge is 2.24. The van der Waals surface area contributed by atoms with E-state index in [4.69, 9.17) is 0 Å². The lowest BCUT2D eigenvalue weighted by molar-refractivity contribution is 0.247. The molecule has 2 amide bonds. The number of anilines is 2. The van der Waals surface area contributed by atoms with Gasteiger partial charge in [0.05, 0.1) is 24.1 Å². The second-order valence-electron chi connectivity index (χ2n) is 6.81. The number of nitrogens with zero attached hydrogens (tertiary/aromatic N) is 4. The maximum absolute atomic E-state index is 12.4. The molecule has 1 aliphatic carbocycles. The number of hydrogen-bond donors (Lipinski definition) is 2. The van der Waals surface area contributed by atoms with E-state index in [1.54, 1.807) is 6.20 Å². The lowest BCUT2D eigenvalue weighted by Crippen LogP contribution is -2.34. The zero-order chi connectivity index (χ0) is 17.2. The van der Waals surface area contributed by atoms with Gasteiger partial charge in [-0.25, -0.2) is 9.78 Å². The molecule has 1 atom stereocenters. The van der Waals surface area contributed by atoms with Crippen molar-refractivity contribution in [3.63, 3.8) is 0 Å². The Labute approximate surface area is 147 Å². The Balaban J connectivity index is 1.38. The van der Waals surface area contributed by atoms with Gasteiger partial charge in [-0.05, 0) is 44.2 Å². The summed E-state index contributed by atoms with van der Waals surface area (Å²) in [5.74, 6) is 0.982. The fourth-order valence-electron chi connectivity index (χ4n) is 3.77. The van der Waals surface area contributed by atoms with Crippen LogP contribution < -0.4 is 15.5 Å². The molecule has 132 valence electrons. The Morgan fingerprint density at radius 2 is 2.04 bits per heavy atom. The van der Waals surface area contributed by atoms with Gasteiger partial charge in [-0.2, -0.15) is 5.10 Å². The van der Waals surface area contributed by atoms with E-state index in [1.165, 1.54) is 18.5 Å². The van der Waals surface area contributed by atoms with E-state index >= 15 is 0 Å². The van der Waals surface area contributed by atoms with Gasteiger partial charge in [-0.3, -0.25) is 4.68 Å². The van der Waals surface area contributed by atoms with Gasteiger partial charge in [-0.1, -0.05) is 0 Å². The van der Waals surface area contributed by atoms with Crippen molar-refractivity contribution in [1.82, 2.24) is 20.1 Å². The number of aryl methyl sites for hydroxylation is 1. The number of aromatic nitrogens is 3. The van der Waals surface area contributed by atoms with Crippen LogP contribution in [-0.4, -0.2) is 33.9 Å². The fraction of sp³-hybridized carbons (Fsp3) is 0.500. The maximum atomic E-state index is 12.4. The molecule has 1 saturated heterocycles. The Morgan fingerprint density at radius 1 is 1.20 bits per heavy atom. The van der Waals surface area contributed by atoms with Crippen molar-refractivity contribution in [2.24, 2.45) is 7.05 Å². The summed E-state index contributed by atoms with van der Waals surface area (Å²) in [6.07, 6.45) is 9.06. The minimum atomic E-state index is -0.197. The maximum Gasteiger partial charge on any atom is 0.319 e. The standard InChI is InChI=1S/C18H24N6O/c1-23-16-6-4-5-15(14(16)12-20-23)22-18(25)21-13-7-8-17(19-11-13)24-9-2-3-10-24/h7-8,11-12,15H,2-6,9-10H2,1H3,(H2,21,22,25). The monoisotopic (exact) mass is 340 g/mol. The third kappa shape index (κ3) is 3.31. The Bertz CT molecular complexity index is 747. The Hall–Kier alpha value is -2.57. The van der Waals surface area contributed by atoms with Crippen LogP contribution in [0.15, 0.2) is 24.5 Å². The zero-order valence-electron chi connectivity index (χ0n) is 14.5. The number of rotatable bonds is 3. The van der Waals surface area contributed by atoms with Gasteiger partial charge < -0.3 is 15.5 Å². The molecule has 0 radical (unpaired) electrons. The molecule has 2 aromatic rings. The van der Waals surface area contributed by atoms with Crippen molar-refractivity contribution < 1.29 is 4.79 Å². The highest BCUT2D eigenvalue weighted by molar-refractivity contribution is 5.89. The van der Waals surface area contributed by atoms with Crippen LogP contribution in [0, 0.1) is 0 Å². The first-order valence-corrected chi connectivity index (χ1v) is 9.00. The Morgan fingerprint density at radius 3 is 2.80 bits per heavy atom. The first-order valence-electron chi connectivity index (χ1n) is 9.00. The van der Waals surface area contributed by atoms with Gasteiger partial charge >= 0.3 is 6.03 Å². The molecule has 1 unspecified atom stereocenters. The number of hydrogen-bond acceptors (Lipinski definition) is 4. The average Bonchev–Trinajstić information content (AvgIpc) is 3.27. The second kappa shape index (κ2) is 6.74. The molecule has 4 rings (SSSR count).